The number of nitrogens with two attached hydrogens (primary N) is 1. The molecule has 0 heterocycles. The highest BCUT2D eigenvalue weighted by atomic mass is 16.6. The topological polar surface area (TPSA) is 326 Å². The molecule has 23 heteroatoms. The number of benzene rings is 1. The van der Waals surface area contributed by atoms with E-state index < -0.39 is 66.1 Å². The van der Waals surface area contributed by atoms with Crippen molar-refractivity contribution in [3.63, 3.8) is 0 Å². The number of anilines is 1. The number of aliphatic carboxylic acids is 1. The monoisotopic (exact) mass is 914 g/mol. The first-order valence-corrected chi connectivity index (χ1v) is 21.2. The number of ether oxygens (including phenoxy) is 6. The van der Waals surface area contributed by atoms with Gasteiger partial charge in [-0.15, -0.1) is 0 Å². The Labute approximate surface area is 374 Å². The van der Waals surface area contributed by atoms with Gasteiger partial charge in [0.25, 0.3) is 0 Å². The number of aliphatic hydroxyl groups excluding tert-OH is 1. The van der Waals surface area contributed by atoms with Gasteiger partial charge in [-0.1, -0.05) is 26.0 Å². The van der Waals surface area contributed by atoms with Gasteiger partial charge in [-0.2, -0.15) is 0 Å². The van der Waals surface area contributed by atoms with Crippen molar-refractivity contribution in [2.45, 2.75) is 83.5 Å². The molecule has 0 aliphatic heterocycles. The van der Waals surface area contributed by atoms with E-state index in [1.807, 2.05) is 0 Å². The van der Waals surface area contributed by atoms with E-state index >= 15 is 0 Å². The molecule has 0 bridgehead atoms. The molecular formula is C41H70N8O15. The largest absolute Gasteiger partial charge is 0.481 e. The zero-order valence-electron chi connectivity index (χ0n) is 37.4. The Hall–Kier alpha value is -4.85. The minimum Gasteiger partial charge on any atom is -0.481 e. The zero-order valence-corrected chi connectivity index (χ0v) is 37.4. The Morgan fingerprint density at radius 2 is 1.44 bits per heavy atom. The van der Waals surface area contributed by atoms with E-state index in [0.29, 0.717) is 70.1 Å². The fraction of sp³-hybridized carbons (Fsp3) is 0.683. The van der Waals surface area contributed by atoms with Crippen LogP contribution in [-0.4, -0.2) is 169 Å². The second kappa shape index (κ2) is 34.5. The molecule has 1 rings (SSSR count). The second-order valence-electron chi connectivity index (χ2n) is 14.7. The Bertz CT molecular complexity index is 1520. The fourth-order valence-corrected chi connectivity index (χ4v) is 5.63. The Morgan fingerprint density at radius 3 is 2.00 bits per heavy atom. The number of aliphatic hydroxyl groups is 1. The first-order valence-electron chi connectivity index (χ1n) is 21.2. The number of aldehydes is 1. The molecule has 0 aliphatic rings. The molecule has 0 aromatic heterocycles. The van der Waals surface area contributed by atoms with Gasteiger partial charge in [-0.25, -0.2) is 4.79 Å². The molecule has 0 aliphatic carbocycles. The van der Waals surface area contributed by atoms with Crippen LogP contribution in [0.4, 0.5) is 10.5 Å². The third-order valence-electron chi connectivity index (χ3n) is 8.99. The number of nitrogens with one attached hydrogen (secondary N) is 7. The van der Waals surface area contributed by atoms with Crippen LogP contribution in [0.2, 0.25) is 0 Å². The van der Waals surface area contributed by atoms with Crippen molar-refractivity contribution in [1.82, 2.24) is 31.9 Å². The van der Waals surface area contributed by atoms with Crippen molar-refractivity contribution in [2.75, 3.05) is 98.1 Å². The van der Waals surface area contributed by atoms with Crippen molar-refractivity contribution in [3.8, 4) is 0 Å². The lowest BCUT2D eigenvalue weighted by Gasteiger charge is -2.33. The molecule has 1 unspecified atom stereocenters. The third-order valence-corrected chi connectivity index (χ3v) is 8.99. The summed E-state index contributed by atoms with van der Waals surface area (Å²) in [5.41, 5.74) is 4.74. The van der Waals surface area contributed by atoms with Gasteiger partial charge >= 0.3 is 12.1 Å². The summed E-state index contributed by atoms with van der Waals surface area (Å²) < 4.78 is 31.6. The number of carbonyl (C=O) groups excluding carboxylic acids is 6. The molecule has 5 amide bonds. The molecule has 0 radical (unpaired) electrons. The predicted octanol–water partition coefficient (Wildman–Crippen LogP) is -1.29. The van der Waals surface area contributed by atoms with Gasteiger partial charge in [0.15, 0.2) is 6.35 Å². The molecular weight excluding hydrogens is 844 g/mol. The highest BCUT2D eigenvalue weighted by molar-refractivity contribution is 5.98. The van der Waals surface area contributed by atoms with Crippen LogP contribution >= 0.6 is 0 Å². The molecule has 0 saturated carbocycles. The molecule has 0 saturated heterocycles. The average Bonchev–Trinajstić information content (AvgIpc) is 3.24. The number of hydrogen-bond acceptors (Lipinski definition) is 17. The lowest BCUT2D eigenvalue weighted by Crippen LogP contribution is -2.61. The van der Waals surface area contributed by atoms with E-state index in [2.05, 4.69) is 37.2 Å². The number of carboxylic acid groups (broad SMARTS) is 1. The molecule has 0 spiro atoms. The Balaban J connectivity index is 2.75. The number of hydrogen-bond donors (Lipinski definition) is 10. The van der Waals surface area contributed by atoms with Crippen LogP contribution in [0.5, 0.6) is 0 Å². The van der Waals surface area contributed by atoms with Gasteiger partial charge in [0, 0.05) is 45.3 Å². The van der Waals surface area contributed by atoms with Crippen LogP contribution in [0.15, 0.2) is 24.3 Å². The number of alkyl carbamates (subject to hydrolysis) is 1. The smallest absolute Gasteiger partial charge is 0.407 e. The molecule has 1 aromatic carbocycles. The van der Waals surface area contributed by atoms with Crippen LogP contribution in [0.25, 0.3) is 0 Å². The van der Waals surface area contributed by atoms with E-state index in [9.17, 15) is 43.8 Å². The van der Waals surface area contributed by atoms with Gasteiger partial charge in [0.1, 0.15) is 31.1 Å². The number of rotatable bonds is 38. The summed E-state index contributed by atoms with van der Waals surface area (Å²) in [6.45, 7) is 7.93. The number of amides is 5. The van der Waals surface area contributed by atoms with Crippen molar-refractivity contribution in [3.05, 3.63) is 29.8 Å². The number of carboxylic acids is 1. The van der Waals surface area contributed by atoms with Crippen LogP contribution in [-0.2, 0) is 63.8 Å². The number of methoxy groups -OCH3 is 1. The average molecular weight is 915 g/mol. The summed E-state index contributed by atoms with van der Waals surface area (Å²) >= 11 is 0. The predicted molar refractivity (Wildman–Crippen MR) is 232 cm³/mol. The van der Waals surface area contributed by atoms with E-state index in [1.165, 1.54) is 7.11 Å². The minimum atomic E-state index is -1.71. The first-order chi connectivity index (χ1) is 30.6. The summed E-state index contributed by atoms with van der Waals surface area (Å²) in [7, 11) is 1.44. The highest BCUT2D eigenvalue weighted by Crippen LogP contribution is 2.15. The summed E-state index contributed by atoms with van der Waals surface area (Å²) in [6.07, 6.45) is -1.86. The maximum atomic E-state index is 13.8. The maximum Gasteiger partial charge on any atom is 0.407 e. The van der Waals surface area contributed by atoms with Gasteiger partial charge in [-0.05, 0) is 56.3 Å². The van der Waals surface area contributed by atoms with Gasteiger partial charge in [-0.3, -0.25) is 35.0 Å². The molecule has 4 atom stereocenters. The van der Waals surface area contributed by atoms with Crippen LogP contribution in [0.1, 0.15) is 58.4 Å². The summed E-state index contributed by atoms with van der Waals surface area (Å²) in [4.78, 5) is 87.4. The van der Waals surface area contributed by atoms with Gasteiger partial charge in [0.2, 0.25) is 23.6 Å². The Kier molecular flexibility index (Phi) is 30.9. The van der Waals surface area contributed by atoms with Crippen molar-refractivity contribution in [1.29, 1.82) is 0 Å². The fourth-order valence-electron chi connectivity index (χ4n) is 5.63. The molecule has 0 fully saturated rings. The molecule has 23 nitrogen and oxygen atoms in total. The Morgan fingerprint density at radius 1 is 0.812 bits per heavy atom. The van der Waals surface area contributed by atoms with Crippen LogP contribution in [0.3, 0.4) is 0 Å². The normalized spacial score (nSPS) is 13.5. The number of carbonyl (C=O) groups is 7. The third kappa shape index (κ3) is 27.4. The van der Waals surface area contributed by atoms with Crippen LogP contribution in [0, 0.1) is 5.92 Å². The van der Waals surface area contributed by atoms with Gasteiger partial charge < -0.3 is 75.3 Å². The lowest BCUT2D eigenvalue weighted by atomic mass is 9.92. The zero-order chi connectivity index (χ0) is 47.6. The highest BCUT2D eigenvalue weighted by Gasteiger charge is 2.35. The molecule has 364 valence electrons. The minimum absolute atomic E-state index is 0.0101. The summed E-state index contributed by atoms with van der Waals surface area (Å²) in [5.74, 6) is -3.56. The van der Waals surface area contributed by atoms with Crippen molar-refractivity contribution in [2.24, 2.45) is 11.7 Å². The van der Waals surface area contributed by atoms with E-state index in [0.717, 1.165) is 0 Å². The van der Waals surface area contributed by atoms with E-state index in [-0.39, 0.29) is 71.3 Å². The summed E-state index contributed by atoms with van der Waals surface area (Å²) in [5, 5.41) is 37.8. The van der Waals surface area contributed by atoms with Crippen molar-refractivity contribution >= 4 is 47.7 Å². The maximum absolute atomic E-state index is 13.8. The molecule has 1 aromatic rings. The van der Waals surface area contributed by atoms with Crippen LogP contribution < -0.4 is 43.0 Å². The summed E-state index contributed by atoms with van der Waals surface area (Å²) in [6, 6.07) is 4.48. The standard InChI is InChI=1S/C41H70N8O15/c1-5-43-40(58)64-25-30-8-10-31(11-9-30)47-37(55)32(7-6-15-45-39(42)57)48-38(56)36(29(2)3)46-27-41(28-50,14-12-35(53)54)49-33(51)13-17-60-19-21-62-23-24-63-22-20-61-18-16-44-34(52)26-59-4/h8-11,28-29,32,36,39,45-46,57H,5-7,12-27,42H2,1-4H3,(H,43,58)(H,44,52)(H,47,55)(H,48,56)(H,49,51)(H,53,54)/t32-,36-,39?,41-/m0/s1. The SMILES string of the molecule is CCNC(=O)OCc1ccc(NC(=O)[C@H](CCCNC(N)O)NC(=O)[C@@H](NC[C@](C=O)(CCC(=O)O)NC(=O)CCOCCOCCOCCOCCNC(=O)COC)C(C)C)cc1. The second-order valence-corrected chi connectivity index (χ2v) is 14.7. The molecule has 64 heavy (non-hydrogen) atoms. The lowest BCUT2D eigenvalue weighted by molar-refractivity contribution is -0.138. The quantitative estimate of drug-likeness (QED) is 0.0210. The van der Waals surface area contributed by atoms with E-state index in [1.54, 1.807) is 45.0 Å². The van der Waals surface area contributed by atoms with Gasteiger partial charge in [0.05, 0.1) is 58.9 Å². The molecule has 11 N–H and O–H groups in total. The first kappa shape index (κ1) is 57.2. The van der Waals surface area contributed by atoms with E-state index in [4.69, 9.17) is 34.2 Å². The van der Waals surface area contributed by atoms with Crippen molar-refractivity contribution < 1.29 is 72.2 Å².